The first-order chi connectivity index (χ1) is 23.1. The summed E-state index contributed by atoms with van der Waals surface area (Å²) in [6.45, 7) is 4.44. The molecule has 0 aromatic carbocycles. The molecule has 0 bridgehead atoms. The molecule has 0 fully saturated rings. The van der Waals surface area contributed by atoms with Crippen molar-refractivity contribution in [1.82, 2.24) is 0 Å². The smallest absolute Gasteiger partial charge is 0.267 e. The molecule has 2 unspecified atom stereocenters. The van der Waals surface area contributed by atoms with Gasteiger partial charge < -0.3 is 37.4 Å². The van der Waals surface area contributed by atoms with Crippen molar-refractivity contribution in [3.8, 4) is 0 Å². The number of quaternary nitrogens is 1. The van der Waals surface area contributed by atoms with E-state index in [-0.39, 0.29) is 26.4 Å². The van der Waals surface area contributed by atoms with Crippen molar-refractivity contribution in [2.24, 2.45) is 0 Å². The van der Waals surface area contributed by atoms with Gasteiger partial charge in [-0.3, -0.25) is 4.57 Å². The van der Waals surface area contributed by atoms with E-state index in [1.54, 1.807) is 0 Å². The van der Waals surface area contributed by atoms with Crippen LogP contribution >= 0.6 is 7.82 Å². The van der Waals surface area contributed by atoms with Crippen LogP contribution in [0.5, 0.6) is 0 Å². The second-order valence-electron chi connectivity index (χ2n) is 14.7. The molecule has 0 radical (unpaired) electrons. The number of phosphoric acid groups is 1. The van der Waals surface area contributed by atoms with E-state index in [0.29, 0.717) is 13.0 Å². The van der Waals surface area contributed by atoms with Crippen molar-refractivity contribution in [2.45, 2.75) is 173 Å². The molecule has 0 N–H and O–H groups in total. The van der Waals surface area contributed by atoms with Crippen LogP contribution in [0.4, 0.5) is 0 Å². The first-order valence-corrected chi connectivity index (χ1v) is 21.2. The Bertz CT molecular complexity index is 705. The van der Waals surface area contributed by atoms with Gasteiger partial charge in [-0.15, -0.1) is 0 Å². The van der Waals surface area contributed by atoms with Crippen LogP contribution in [-0.2, 0) is 32.6 Å². The SMILES string of the molecule is CCCCCCCCCCCCCCCCCCOCC(COP(=O)([O-])OCCCCCCCCCC[N+](C)(C)C)OCC(OC)OC. The Morgan fingerprint density at radius 1 is 0.542 bits per heavy atom. The van der Waals surface area contributed by atoms with Crippen molar-refractivity contribution in [3.05, 3.63) is 0 Å². The number of methoxy groups -OCH3 is 2. The minimum atomic E-state index is -4.42. The summed E-state index contributed by atoms with van der Waals surface area (Å²) in [5, 5.41) is 0. The third-order valence-corrected chi connectivity index (χ3v) is 9.80. The Morgan fingerprint density at radius 3 is 1.40 bits per heavy atom. The van der Waals surface area contributed by atoms with E-state index in [1.165, 1.54) is 143 Å². The maximum Gasteiger partial charge on any atom is 0.267 e. The topological polar surface area (TPSA) is 95.5 Å². The lowest BCUT2D eigenvalue weighted by atomic mass is 10.0. The van der Waals surface area contributed by atoms with E-state index in [0.717, 1.165) is 30.2 Å². The van der Waals surface area contributed by atoms with Gasteiger partial charge in [0, 0.05) is 20.8 Å². The molecule has 0 aliphatic carbocycles. The summed E-state index contributed by atoms with van der Waals surface area (Å²) in [6.07, 6.45) is 29.1. The molecule has 0 saturated carbocycles. The zero-order chi connectivity index (χ0) is 35.6. The molecule has 0 rings (SSSR count). The quantitative estimate of drug-likeness (QED) is 0.0270. The molecule has 48 heavy (non-hydrogen) atoms. The number of hydrogen-bond acceptors (Lipinski definition) is 8. The van der Waals surface area contributed by atoms with Crippen LogP contribution in [0.2, 0.25) is 0 Å². The van der Waals surface area contributed by atoms with Crippen LogP contribution < -0.4 is 4.89 Å². The molecule has 0 aliphatic rings. The fourth-order valence-corrected chi connectivity index (χ4v) is 6.47. The Kier molecular flexibility index (Phi) is 34.0. The van der Waals surface area contributed by atoms with Gasteiger partial charge in [0.1, 0.15) is 6.10 Å². The van der Waals surface area contributed by atoms with Crippen LogP contribution in [0, 0.1) is 0 Å². The summed E-state index contributed by atoms with van der Waals surface area (Å²) in [7, 11) is 5.34. The van der Waals surface area contributed by atoms with Crippen molar-refractivity contribution in [3.63, 3.8) is 0 Å². The van der Waals surface area contributed by atoms with Gasteiger partial charge in [-0.25, -0.2) is 0 Å². The minimum Gasteiger partial charge on any atom is -0.756 e. The lowest BCUT2D eigenvalue weighted by Gasteiger charge is -2.26. The zero-order valence-electron chi connectivity index (χ0n) is 32.5. The summed E-state index contributed by atoms with van der Waals surface area (Å²) < 4.78 is 45.7. The third kappa shape index (κ3) is 35.7. The molecular weight excluding hydrogens is 629 g/mol. The summed E-state index contributed by atoms with van der Waals surface area (Å²) >= 11 is 0. The number of rotatable bonds is 39. The van der Waals surface area contributed by atoms with E-state index in [9.17, 15) is 9.46 Å². The first-order valence-electron chi connectivity index (χ1n) is 19.8. The number of hydrogen-bond donors (Lipinski definition) is 0. The summed E-state index contributed by atoms with van der Waals surface area (Å²) in [5.74, 6) is 0. The van der Waals surface area contributed by atoms with E-state index in [1.807, 2.05) is 0 Å². The van der Waals surface area contributed by atoms with Crippen LogP contribution in [0.3, 0.4) is 0 Å². The highest BCUT2D eigenvalue weighted by atomic mass is 31.2. The zero-order valence-corrected chi connectivity index (χ0v) is 33.4. The van der Waals surface area contributed by atoms with Gasteiger partial charge in [0.05, 0.1) is 54.1 Å². The van der Waals surface area contributed by atoms with Crippen LogP contribution in [0.15, 0.2) is 0 Å². The van der Waals surface area contributed by atoms with Crippen LogP contribution in [0.1, 0.15) is 161 Å². The highest BCUT2D eigenvalue weighted by Crippen LogP contribution is 2.38. The van der Waals surface area contributed by atoms with Crippen molar-refractivity contribution in [1.29, 1.82) is 0 Å². The predicted molar refractivity (Wildman–Crippen MR) is 197 cm³/mol. The standard InChI is InChI=1S/C38H80NO8P/c1-7-8-9-10-11-12-13-14-15-16-17-18-20-23-26-29-32-44-34-37(45-36-38(42-5)43-6)35-47-48(40,41)46-33-30-27-24-21-19-22-25-28-31-39(2,3)4/h37-38H,7-36H2,1-6H3. The Hall–Kier alpha value is -0.0900. The predicted octanol–water partition coefficient (Wildman–Crippen LogP) is 9.60. The Labute approximate surface area is 297 Å². The average Bonchev–Trinajstić information content (AvgIpc) is 3.05. The van der Waals surface area contributed by atoms with Gasteiger partial charge in [-0.1, -0.05) is 135 Å². The molecular formula is C38H80NO8P. The number of unbranched alkanes of at least 4 members (excludes halogenated alkanes) is 22. The average molecular weight is 710 g/mol. The van der Waals surface area contributed by atoms with E-state index < -0.39 is 20.2 Å². The van der Waals surface area contributed by atoms with E-state index in [4.69, 9.17) is 28.0 Å². The van der Waals surface area contributed by atoms with Crippen LogP contribution in [0.25, 0.3) is 0 Å². The van der Waals surface area contributed by atoms with E-state index in [2.05, 4.69) is 28.1 Å². The lowest BCUT2D eigenvalue weighted by molar-refractivity contribution is -0.870. The van der Waals surface area contributed by atoms with Gasteiger partial charge in [0.15, 0.2) is 6.29 Å². The minimum absolute atomic E-state index is 0.140. The van der Waals surface area contributed by atoms with E-state index >= 15 is 0 Å². The number of ether oxygens (including phenoxy) is 4. The summed E-state index contributed by atoms with van der Waals surface area (Å²) in [5.41, 5.74) is 0. The van der Waals surface area contributed by atoms with Crippen molar-refractivity contribution >= 4 is 7.82 Å². The largest absolute Gasteiger partial charge is 0.756 e. The Balaban J connectivity index is 3.98. The maximum atomic E-state index is 12.4. The normalized spacial score (nSPS) is 14.2. The van der Waals surface area contributed by atoms with Gasteiger partial charge in [-0.05, 0) is 25.7 Å². The number of phosphoric ester groups is 1. The highest BCUT2D eigenvalue weighted by Gasteiger charge is 2.18. The molecule has 0 aromatic rings. The summed E-state index contributed by atoms with van der Waals surface area (Å²) in [4.78, 5) is 12.4. The molecule has 290 valence electrons. The van der Waals surface area contributed by atoms with Crippen molar-refractivity contribution in [2.75, 3.05) is 74.9 Å². The first kappa shape index (κ1) is 47.9. The van der Waals surface area contributed by atoms with Gasteiger partial charge >= 0.3 is 0 Å². The molecule has 0 heterocycles. The molecule has 9 nitrogen and oxygen atoms in total. The second kappa shape index (κ2) is 34.0. The van der Waals surface area contributed by atoms with Crippen molar-refractivity contribution < 1.29 is 41.9 Å². The molecule has 0 aromatic heterocycles. The fourth-order valence-electron chi connectivity index (χ4n) is 5.70. The molecule has 10 heteroatoms. The third-order valence-electron chi connectivity index (χ3n) is 8.83. The lowest BCUT2D eigenvalue weighted by Crippen LogP contribution is -2.35. The molecule has 2 atom stereocenters. The maximum absolute atomic E-state index is 12.4. The highest BCUT2D eigenvalue weighted by molar-refractivity contribution is 7.45. The van der Waals surface area contributed by atoms with Gasteiger partial charge in [-0.2, -0.15) is 0 Å². The molecule has 0 saturated heterocycles. The molecule has 0 spiro atoms. The van der Waals surface area contributed by atoms with Crippen LogP contribution in [-0.4, -0.2) is 91.8 Å². The monoisotopic (exact) mass is 710 g/mol. The fraction of sp³-hybridized carbons (Fsp3) is 1.00. The summed E-state index contributed by atoms with van der Waals surface area (Å²) in [6, 6.07) is 0. The molecule has 0 aliphatic heterocycles. The number of nitrogens with zero attached hydrogens (tertiary/aromatic N) is 1. The molecule has 0 amide bonds. The Morgan fingerprint density at radius 2 is 0.958 bits per heavy atom. The van der Waals surface area contributed by atoms with Gasteiger partial charge in [0.2, 0.25) is 0 Å². The van der Waals surface area contributed by atoms with Gasteiger partial charge in [0.25, 0.3) is 7.82 Å². The second-order valence-corrected chi connectivity index (χ2v) is 16.1.